The van der Waals surface area contributed by atoms with E-state index in [1.807, 2.05) is 0 Å². The van der Waals surface area contributed by atoms with Gasteiger partial charge in [-0.2, -0.15) is 5.10 Å². The van der Waals surface area contributed by atoms with Gasteiger partial charge in [-0.3, -0.25) is 9.48 Å². The van der Waals surface area contributed by atoms with E-state index in [0.717, 1.165) is 19.5 Å². The normalized spacial score (nSPS) is 11.7. The minimum atomic E-state index is -0.480. The smallest absolute Gasteiger partial charge is 0.269 e. The largest absolute Gasteiger partial charge is 0.364 e. The Bertz CT molecular complexity index is 351. The van der Waals surface area contributed by atoms with Crippen LogP contribution in [-0.2, 0) is 6.54 Å². The molecule has 0 aromatic carbocycles. The van der Waals surface area contributed by atoms with Gasteiger partial charge in [-0.1, -0.05) is 0 Å². The van der Waals surface area contributed by atoms with Crippen LogP contribution in [0.25, 0.3) is 0 Å². The topological polar surface area (TPSA) is 72.9 Å². The number of hydrogen-bond acceptors (Lipinski definition) is 3. The molecule has 0 atom stereocenters. The summed E-state index contributed by atoms with van der Waals surface area (Å²) in [4.78, 5) is 10.8. The molecular formula is C11H20N4O. The van der Waals surface area contributed by atoms with E-state index in [0.29, 0.717) is 5.69 Å². The number of aryl methyl sites for hydroxylation is 1. The second kappa shape index (κ2) is 5.12. The van der Waals surface area contributed by atoms with Gasteiger partial charge in [-0.25, -0.2) is 0 Å². The molecule has 0 unspecified atom stereocenters. The van der Waals surface area contributed by atoms with Crippen LogP contribution in [-0.4, -0.2) is 27.8 Å². The molecule has 16 heavy (non-hydrogen) atoms. The van der Waals surface area contributed by atoms with E-state index in [-0.39, 0.29) is 5.54 Å². The Morgan fingerprint density at radius 1 is 1.56 bits per heavy atom. The average molecular weight is 224 g/mol. The molecule has 1 aromatic rings. The van der Waals surface area contributed by atoms with Crippen LogP contribution in [0.2, 0.25) is 0 Å². The van der Waals surface area contributed by atoms with Crippen LogP contribution in [0.3, 0.4) is 0 Å². The number of nitrogens with two attached hydrogens (primary N) is 1. The van der Waals surface area contributed by atoms with E-state index < -0.39 is 5.91 Å². The van der Waals surface area contributed by atoms with Crippen LogP contribution in [0.4, 0.5) is 0 Å². The van der Waals surface area contributed by atoms with Crippen molar-refractivity contribution in [3.05, 3.63) is 18.0 Å². The highest BCUT2D eigenvalue weighted by Gasteiger charge is 2.08. The van der Waals surface area contributed by atoms with Crippen LogP contribution in [0.15, 0.2) is 12.3 Å². The summed E-state index contributed by atoms with van der Waals surface area (Å²) in [5.74, 6) is -0.480. The summed E-state index contributed by atoms with van der Waals surface area (Å²) in [5, 5.41) is 7.45. The highest BCUT2D eigenvalue weighted by Crippen LogP contribution is 1.99. The molecule has 3 N–H and O–H groups in total. The lowest BCUT2D eigenvalue weighted by Gasteiger charge is -2.20. The summed E-state index contributed by atoms with van der Waals surface area (Å²) in [6.07, 6.45) is 2.74. The number of primary amides is 1. The lowest BCUT2D eigenvalue weighted by molar-refractivity contribution is 0.0994. The Labute approximate surface area is 96.0 Å². The fourth-order valence-corrected chi connectivity index (χ4v) is 1.32. The lowest BCUT2D eigenvalue weighted by atomic mass is 10.1. The zero-order valence-corrected chi connectivity index (χ0v) is 10.2. The Balaban J connectivity index is 2.30. The first-order valence-corrected chi connectivity index (χ1v) is 5.47. The summed E-state index contributed by atoms with van der Waals surface area (Å²) in [5.41, 5.74) is 5.58. The second-order valence-corrected chi connectivity index (χ2v) is 4.86. The maximum atomic E-state index is 10.8. The number of rotatable bonds is 5. The Morgan fingerprint density at radius 3 is 2.75 bits per heavy atom. The monoisotopic (exact) mass is 224 g/mol. The number of nitrogens with zero attached hydrogens (tertiary/aromatic N) is 2. The SMILES string of the molecule is CC(C)(C)NCCCn1ccc(C(N)=O)n1. The lowest BCUT2D eigenvalue weighted by Crippen LogP contribution is -2.36. The van der Waals surface area contributed by atoms with Crippen LogP contribution in [0, 0.1) is 0 Å². The molecule has 0 bridgehead atoms. The van der Waals surface area contributed by atoms with Gasteiger partial charge in [0.1, 0.15) is 5.69 Å². The van der Waals surface area contributed by atoms with Crippen molar-refractivity contribution in [2.45, 2.75) is 39.3 Å². The number of carbonyl (C=O) groups is 1. The molecule has 5 nitrogen and oxygen atoms in total. The van der Waals surface area contributed by atoms with Crippen molar-refractivity contribution in [3.63, 3.8) is 0 Å². The molecule has 0 saturated heterocycles. The molecule has 1 aromatic heterocycles. The van der Waals surface area contributed by atoms with E-state index in [9.17, 15) is 4.79 Å². The molecule has 0 spiro atoms. The molecule has 1 amide bonds. The van der Waals surface area contributed by atoms with Gasteiger partial charge < -0.3 is 11.1 Å². The van der Waals surface area contributed by atoms with E-state index >= 15 is 0 Å². The fraction of sp³-hybridized carbons (Fsp3) is 0.636. The van der Waals surface area contributed by atoms with Crippen LogP contribution < -0.4 is 11.1 Å². The van der Waals surface area contributed by atoms with Crippen molar-refractivity contribution in [2.24, 2.45) is 5.73 Å². The molecule has 0 aliphatic heterocycles. The summed E-state index contributed by atoms with van der Waals surface area (Å²) in [7, 11) is 0. The van der Waals surface area contributed by atoms with Gasteiger partial charge >= 0.3 is 0 Å². The van der Waals surface area contributed by atoms with Crippen molar-refractivity contribution in [1.29, 1.82) is 0 Å². The molecule has 1 heterocycles. The molecule has 0 fully saturated rings. The van der Waals surface area contributed by atoms with Crippen molar-refractivity contribution in [1.82, 2.24) is 15.1 Å². The third-order valence-corrected chi connectivity index (χ3v) is 2.11. The van der Waals surface area contributed by atoms with Gasteiger partial charge in [-0.15, -0.1) is 0 Å². The molecule has 0 aliphatic rings. The fourth-order valence-electron chi connectivity index (χ4n) is 1.32. The van der Waals surface area contributed by atoms with Gasteiger partial charge in [0, 0.05) is 18.3 Å². The predicted molar refractivity (Wildman–Crippen MR) is 63.1 cm³/mol. The molecule has 0 saturated carbocycles. The van der Waals surface area contributed by atoms with Crippen LogP contribution >= 0.6 is 0 Å². The van der Waals surface area contributed by atoms with E-state index in [4.69, 9.17) is 5.73 Å². The Kier molecular flexibility index (Phi) is 4.06. The maximum absolute atomic E-state index is 10.8. The molecule has 90 valence electrons. The van der Waals surface area contributed by atoms with Gasteiger partial charge in [0.25, 0.3) is 5.91 Å². The molecule has 5 heteroatoms. The van der Waals surface area contributed by atoms with Crippen molar-refractivity contribution in [3.8, 4) is 0 Å². The van der Waals surface area contributed by atoms with Gasteiger partial charge in [0.15, 0.2) is 0 Å². The number of aromatic nitrogens is 2. The molecule has 0 radical (unpaired) electrons. The number of carbonyl (C=O) groups excluding carboxylic acids is 1. The Morgan fingerprint density at radius 2 is 2.25 bits per heavy atom. The third-order valence-electron chi connectivity index (χ3n) is 2.11. The number of hydrogen-bond donors (Lipinski definition) is 2. The summed E-state index contributed by atoms with van der Waals surface area (Å²) in [6.45, 7) is 8.11. The second-order valence-electron chi connectivity index (χ2n) is 4.86. The zero-order chi connectivity index (χ0) is 12.2. The van der Waals surface area contributed by atoms with Crippen molar-refractivity contribution < 1.29 is 4.79 Å². The molecule has 0 aliphatic carbocycles. The molecular weight excluding hydrogens is 204 g/mol. The van der Waals surface area contributed by atoms with E-state index in [1.165, 1.54) is 0 Å². The quantitative estimate of drug-likeness (QED) is 0.725. The van der Waals surface area contributed by atoms with Gasteiger partial charge in [-0.05, 0) is 39.8 Å². The van der Waals surface area contributed by atoms with E-state index in [2.05, 4.69) is 31.2 Å². The minimum absolute atomic E-state index is 0.141. The highest BCUT2D eigenvalue weighted by atomic mass is 16.1. The first kappa shape index (κ1) is 12.7. The standard InChI is InChI=1S/C11H20N4O/c1-11(2,3)13-6-4-7-15-8-5-9(14-15)10(12)16/h5,8,13H,4,6-7H2,1-3H3,(H2,12,16). The maximum Gasteiger partial charge on any atom is 0.269 e. The average Bonchev–Trinajstić information content (AvgIpc) is 2.59. The van der Waals surface area contributed by atoms with Crippen molar-refractivity contribution >= 4 is 5.91 Å². The van der Waals surface area contributed by atoms with Gasteiger partial charge in [0.05, 0.1) is 0 Å². The molecule has 1 rings (SSSR count). The third kappa shape index (κ3) is 4.44. The summed E-state index contributed by atoms with van der Waals surface area (Å²) < 4.78 is 1.74. The van der Waals surface area contributed by atoms with Crippen molar-refractivity contribution in [2.75, 3.05) is 6.54 Å². The van der Waals surface area contributed by atoms with Crippen LogP contribution in [0.5, 0.6) is 0 Å². The highest BCUT2D eigenvalue weighted by molar-refractivity contribution is 5.90. The number of amides is 1. The Hall–Kier alpha value is -1.36. The van der Waals surface area contributed by atoms with Gasteiger partial charge in [0.2, 0.25) is 0 Å². The van der Waals surface area contributed by atoms with E-state index in [1.54, 1.807) is 16.9 Å². The minimum Gasteiger partial charge on any atom is -0.364 e. The van der Waals surface area contributed by atoms with Crippen LogP contribution in [0.1, 0.15) is 37.7 Å². The summed E-state index contributed by atoms with van der Waals surface area (Å²) in [6, 6.07) is 1.64. The predicted octanol–water partition coefficient (Wildman–Crippen LogP) is 0.760. The zero-order valence-electron chi connectivity index (χ0n) is 10.2. The first-order valence-electron chi connectivity index (χ1n) is 5.47. The first-order chi connectivity index (χ1) is 7.38. The summed E-state index contributed by atoms with van der Waals surface area (Å²) >= 11 is 0. The number of nitrogens with one attached hydrogen (secondary N) is 1.